The van der Waals surface area contributed by atoms with E-state index in [1.54, 1.807) is 0 Å². The van der Waals surface area contributed by atoms with Crippen LogP contribution in [0.15, 0.2) is 64.5 Å². The van der Waals surface area contributed by atoms with Gasteiger partial charge in [-0.05, 0) is 30.7 Å². The lowest BCUT2D eigenvalue weighted by molar-refractivity contribution is 0.397. The molecule has 1 aromatic heterocycles. The fraction of sp³-hybridized carbons (Fsp3) is 0.100. The number of hydrogen-bond acceptors (Lipinski definition) is 4. The van der Waals surface area contributed by atoms with E-state index in [0.717, 1.165) is 32.2 Å². The van der Waals surface area contributed by atoms with Crippen molar-refractivity contribution >= 4 is 26.8 Å². The topological polar surface area (TPSA) is 71.9 Å². The van der Waals surface area contributed by atoms with E-state index in [-0.39, 0.29) is 11.8 Å². The quantitative estimate of drug-likeness (QED) is 0.661. The molecule has 2 N–H and O–H groups in total. The van der Waals surface area contributed by atoms with Gasteiger partial charge >= 0.3 is 0 Å². The molecule has 0 amide bonds. The summed E-state index contributed by atoms with van der Waals surface area (Å²) < 4.78 is 6.82. The molecule has 2 heterocycles. The van der Waals surface area contributed by atoms with E-state index >= 15 is 0 Å². The van der Waals surface area contributed by atoms with Crippen LogP contribution in [0.2, 0.25) is 0 Å². The summed E-state index contributed by atoms with van der Waals surface area (Å²) in [6.45, 7) is 1.94. The fourth-order valence-electron chi connectivity index (χ4n) is 3.19. The Morgan fingerprint density at radius 1 is 1.12 bits per heavy atom. The molecule has 1 aliphatic heterocycles. The van der Waals surface area contributed by atoms with Gasteiger partial charge in [-0.3, -0.25) is 0 Å². The standard InChI is InChI=1S/C20H14BrN3O/c1-11-2-3-13-6-9-15-17(12-4-7-14(21)8-5-12)16(10-22)20(23)25-19(15)18(13)24-11/h2-9,17H,23H2,1H3. The van der Waals surface area contributed by atoms with Gasteiger partial charge in [-0.2, -0.15) is 5.26 Å². The molecule has 3 aromatic rings. The van der Waals surface area contributed by atoms with Gasteiger partial charge < -0.3 is 10.5 Å². The number of benzene rings is 2. The van der Waals surface area contributed by atoms with E-state index in [2.05, 4.69) is 27.0 Å². The first-order valence-electron chi connectivity index (χ1n) is 7.82. The third-order valence-electron chi connectivity index (χ3n) is 4.39. The van der Waals surface area contributed by atoms with E-state index in [0.29, 0.717) is 11.3 Å². The third kappa shape index (κ3) is 2.55. The maximum atomic E-state index is 9.64. The molecular formula is C20H14BrN3O. The molecule has 4 nitrogen and oxygen atoms in total. The lowest BCUT2D eigenvalue weighted by atomic mass is 9.83. The van der Waals surface area contributed by atoms with Crippen molar-refractivity contribution in [2.45, 2.75) is 12.8 Å². The predicted octanol–water partition coefficient (Wildman–Crippen LogP) is 4.52. The molecule has 0 radical (unpaired) electrons. The summed E-state index contributed by atoms with van der Waals surface area (Å²) in [6, 6.07) is 18.1. The molecule has 0 aliphatic carbocycles. The number of nitrogens with two attached hydrogens (primary N) is 1. The normalized spacial score (nSPS) is 16.3. The van der Waals surface area contributed by atoms with Crippen molar-refractivity contribution in [3.63, 3.8) is 0 Å². The van der Waals surface area contributed by atoms with Crippen LogP contribution in [-0.4, -0.2) is 4.98 Å². The second-order valence-electron chi connectivity index (χ2n) is 5.98. The molecular weight excluding hydrogens is 378 g/mol. The molecule has 0 bridgehead atoms. The van der Waals surface area contributed by atoms with Crippen molar-refractivity contribution in [3.8, 4) is 11.8 Å². The van der Waals surface area contributed by atoms with Crippen molar-refractivity contribution in [2.24, 2.45) is 5.73 Å². The van der Waals surface area contributed by atoms with E-state index in [1.807, 2.05) is 55.5 Å². The summed E-state index contributed by atoms with van der Waals surface area (Å²) in [7, 11) is 0. The number of allylic oxidation sites excluding steroid dienone is 1. The van der Waals surface area contributed by atoms with Gasteiger partial charge in [-0.25, -0.2) is 4.98 Å². The summed E-state index contributed by atoms with van der Waals surface area (Å²) in [4.78, 5) is 4.62. The molecule has 25 heavy (non-hydrogen) atoms. The second-order valence-corrected chi connectivity index (χ2v) is 6.90. The Morgan fingerprint density at radius 3 is 2.56 bits per heavy atom. The van der Waals surface area contributed by atoms with Crippen molar-refractivity contribution in [1.82, 2.24) is 4.98 Å². The van der Waals surface area contributed by atoms with Crippen molar-refractivity contribution in [3.05, 3.63) is 81.3 Å². The van der Waals surface area contributed by atoms with Gasteiger partial charge in [0, 0.05) is 21.1 Å². The highest BCUT2D eigenvalue weighted by molar-refractivity contribution is 9.10. The minimum atomic E-state index is -0.270. The fourth-order valence-corrected chi connectivity index (χ4v) is 3.46. The Kier molecular flexibility index (Phi) is 3.70. The molecule has 2 aromatic carbocycles. The SMILES string of the molecule is Cc1ccc2ccc3c(c2n1)OC(N)=C(C#N)C3c1ccc(Br)cc1. The van der Waals surface area contributed by atoms with Gasteiger partial charge in [0.25, 0.3) is 0 Å². The average Bonchev–Trinajstić information content (AvgIpc) is 2.61. The molecule has 4 rings (SSSR count). The smallest absolute Gasteiger partial charge is 0.205 e. The molecule has 1 aliphatic rings. The second kappa shape index (κ2) is 5.91. The van der Waals surface area contributed by atoms with Gasteiger partial charge in [0.1, 0.15) is 17.2 Å². The summed E-state index contributed by atoms with van der Waals surface area (Å²) in [5, 5.41) is 10.6. The number of hydrogen-bond donors (Lipinski definition) is 1. The number of aryl methyl sites for hydroxylation is 1. The molecule has 122 valence electrons. The largest absolute Gasteiger partial charge is 0.438 e. The van der Waals surface area contributed by atoms with Crippen LogP contribution in [0.25, 0.3) is 10.9 Å². The minimum Gasteiger partial charge on any atom is -0.438 e. The Labute approximate surface area is 153 Å². The summed E-state index contributed by atoms with van der Waals surface area (Å²) in [5.41, 5.74) is 10.1. The zero-order valence-electron chi connectivity index (χ0n) is 13.5. The number of aromatic nitrogens is 1. The zero-order chi connectivity index (χ0) is 17.6. The summed E-state index contributed by atoms with van der Waals surface area (Å²) in [5.74, 6) is 0.498. The molecule has 5 heteroatoms. The van der Waals surface area contributed by atoms with Crippen molar-refractivity contribution in [1.29, 1.82) is 5.26 Å². The predicted molar refractivity (Wildman–Crippen MR) is 99.9 cm³/mol. The first-order chi connectivity index (χ1) is 12.1. The van der Waals surface area contributed by atoms with E-state index in [9.17, 15) is 5.26 Å². The van der Waals surface area contributed by atoms with Crippen molar-refractivity contribution < 1.29 is 4.74 Å². The van der Waals surface area contributed by atoms with Gasteiger partial charge in [0.15, 0.2) is 5.75 Å². The maximum absolute atomic E-state index is 9.64. The highest BCUT2D eigenvalue weighted by Gasteiger charge is 2.32. The number of rotatable bonds is 1. The molecule has 0 saturated carbocycles. The van der Waals surface area contributed by atoms with Gasteiger partial charge in [0.05, 0.1) is 5.92 Å². The van der Waals surface area contributed by atoms with Crippen molar-refractivity contribution in [2.75, 3.05) is 0 Å². The lowest BCUT2D eigenvalue weighted by Gasteiger charge is -2.27. The number of fused-ring (bicyclic) bond motifs is 3. The highest BCUT2D eigenvalue weighted by Crippen LogP contribution is 2.44. The van der Waals surface area contributed by atoms with Crippen LogP contribution in [0.1, 0.15) is 22.7 Å². The van der Waals surface area contributed by atoms with Crippen LogP contribution in [0.3, 0.4) is 0 Å². The van der Waals surface area contributed by atoms with Crippen LogP contribution in [0, 0.1) is 18.3 Å². The molecule has 1 atom stereocenters. The van der Waals surface area contributed by atoms with E-state index in [4.69, 9.17) is 10.5 Å². The van der Waals surface area contributed by atoms with Gasteiger partial charge in [-0.1, -0.05) is 46.3 Å². The highest BCUT2D eigenvalue weighted by atomic mass is 79.9. The number of ether oxygens (including phenoxy) is 1. The first-order valence-corrected chi connectivity index (χ1v) is 8.61. The van der Waals surface area contributed by atoms with Gasteiger partial charge in [0.2, 0.25) is 5.88 Å². The van der Waals surface area contributed by atoms with Crippen LogP contribution >= 0.6 is 15.9 Å². The number of halogens is 1. The average molecular weight is 392 g/mol. The lowest BCUT2D eigenvalue weighted by Crippen LogP contribution is -2.21. The summed E-state index contributed by atoms with van der Waals surface area (Å²) in [6.07, 6.45) is 0. The Hall–Kier alpha value is -2.84. The molecule has 0 saturated heterocycles. The number of pyridine rings is 1. The van der Waals surface area contributed by atoms with Crippen LogP contribution in [0.5, 0.6) is 5.75 Å². The molecule has 0 fully saturated rings. The third-order valence-corrected chi connectivity index (χ3v) is 4.92. The number of nitriles is 1. The van der Waals surface area contributed by atoms with Crippen LogP contribution < -0.4 is 10.5 Å². The van der Waals surface area contributed by atoms with Crippen LogP contribution in [-0.2, 0) is 0 Å². The Bertz CT molecular complexity index is 1060. The van der Waals surface area contributed by atoms with E-state index < -0.39 is 0 Å². The molecule has 0 spiro atoms. The minimum absolute atomic E-state index is 0.138. The Morgan fingerprint density at radius 2 is 1.84 bits per heavy atom. The zero-order valence-corrected chi connectivity index (χ0v) is 15.0. The van der Waals surface area contributed by atoms with Crippen LogP contribution in [0.4, 0.5) is 0 Å². The molecule has 1 unspecified atom stereocenters. The van der Waals surface area contributed by atoms with E-state index in [1.165, 1.54) is 0 Å². The number of nitrogens with zero attached hydrogens (tertiary/aromatic N) is 2. The van der Waals surface area contributed by atoms with Gasteiger partial charge in [-0.15, -0.1) is 0 Å². The maximum Gasteiger partial charge on any atom is 0.205 e. The summed E-state index contributed by atoms with van der Waals surface area (Å²) >= 11 is 3.45. The monoisotopic (exact) mass is 391 g/mol. The Balaban J connectivity index is 2.01. The first kappa shape index (κ1) is 15.7.